The molecule has 1 fully saturated rings. The molecule has 1 amide bonds. The van der Waals surface area contributed by atoms with E-state index in [-0.39, 0.29) is 5.91 Å². The van der Waals surface area contributed by atoms with Gasteiger partial charge in [-0.1, -0.05) is 29.3 Å². The van der Waals surface area contributed by atoms with Crippen molar-refractivity contribution in [2.45, 2.75) is 13.3 Å². The molecule has 0 spiro atoms. The van der Waals surface area contributed by atoms with Crippen molar-refractivity contribution in [1.29, 1.82) is 0 Å². The number of aryl methyl sites for hydroxylation is 1. The number of carbonyl (C=O) groups excluding carboxylic acids is 1. The molecule has 2 aliphatic heterocycles. The quantitative estimate of drug-likeness (QED) is 0.720. The molecule has 2 aromatic rings. The van der Waals surface area contributed by atoms with E-state index >= 15 is 0 Å². The van der Waals surface area contributed by atoms with Gasteiger partial charge in [0.15, 0.2) is 11.5 Å². The lowest BCUT2D eigenvalue weighted by molar-refractivity contribution is 0.0746. The lowest BCUT2D eigenvalue weighted by Gasteiger charge is -2.37. The van der Waals surface area contributed by atoms with Crippen molar-refractivity contribution >= 4 is 34.8 Å². The Labute approximate surface area is 174 Å². The Balaban J connectivity index is 1.48. The fourth-order valence-corrected chi connectivity index (χ4v) is 4.04. The van der Waals surface area contributed by atoms with Crippen molar-refractivity contribution in [3.8, 4) is 11.5 Å². The molecule has 0 radical (unpaired) electrons. The zero-order valence-corrected chi connectivity index (χ0v) is 17.2. The number of hydrogen-bond acceptors (Lipinski definition) is 4. The first-order chi connectivity index (χ1) is 13.5. The molecule has 5 nitrogen and oxygen atoms in total. The second-order valence-electron chi connectivity index (χ2n) is 7.05. The van der Waals surface area contributed by atoms with Crippen molar-refractivity contribution in [3.05, 3.63) is 51.5 Å². The number of carbonyl (C=O) groups is 1. The van der Waals surface area contributed by atoms with Gasteiger partial charge in [-0.3, -0.25) is 4.79 Å². The fraction of sp³-hybridized carbons (Fsp3) is 0.381. The van der Waals surface area contributed by atoms with E-state index in [1.807, 2.05) is 23.1 Å². The number of anilines is 1. The van der Waals surface area contributed by atoms with Crippen LogP contribution in [0.1, 0.15) is 22.3 Å². The zero-order valence-electron chi connectivity index (χ0n) is 15.7. The van der Waals surface area contributed by atoms with E-state index < -0.39 is 0 Å². The van der Waals surface area contributed by atoms with E-state index in [9.17, 15) is 4.79 Å². The van der Waals surface area contributed by atoms with Gasteiger partial charge in [0.2, 0.25) is 0 Å². The van der Waals surface area contributed by atoms with Crippen LogP contribution in [0.4, 0.5) is 5.69 Å². The summed E-state index contributed by atoms with van der Waals surface area (Å²) in [6.45, 7) is 5.97. The number of piperazine rings is 1. The Morgan fingerprint density at radius 1 is 1.00 bits per heavy atom. The first-order valence-electron chi connectivity index (χ1n) is 9.42. The topological polar surface area (TPSA) is 42.0 Å². The van der Waals surface area contributed by atoms with Gasteiger partial charge in [0.05, 0.1) is 18.2 Å². The molecule has 0 bridgehead atoms. The van der Waals surface area contributed by atoms with Crippen molar-refractivity contribution in [3.63, 3.8) is 0 Å². The Hall–Kier alpha value is -2.11. The van der Waals surface area contributed by atoms with Crippen LogP contribution in [0.15, 0.2) is 30.3 Å². The van der Waals surface area contributed by atoms with E-state index in [0.717, 1.165) is 30.2 Å². The fourth-order valence-electron chi connectivity index (χ4n) is 3.61. The minimum absolute atomic E-state index is 0.0417. The Morgan fingerprint density at radius 2 is 1.75 bits per heavy atom. The monoisotopic (exact) mass is 420 g/mol. The van der Waals surface area contributed by atoms with E-state index in [2.05, 4.69) is 11.8 Å². The molecular weight excluding hydrogens is 399 g/mol. The normalized spacial score (nSPS) is 16.7. The smallest absolute Gasteiger partial charge is 0.254 e. The zero-order chi connectivity index (χ0) is 19.7. The molecule has 4 rings (SSSR count). The maximum atomic E-state index is 13.0. The molecule has 28 heavy (non-hydrogen) atoms. The molecule has 1 saturated heterocycles. The van der Waals surface area contributed by atoms with Crippen molar-refractivity contribution in [1.82, 2.24) is 4.90 Å². The number of rotatable bonds is 2. The average molecular weight is 421 g/mol. The van der Waals surface area contributed by atoms with E-state index in [1.54, 1.807) is 12.1 Å². The van der Waals surface area contributed by atoms with Crippen molar-refractivity contribution < 1.29 is 14.3 Å². The summed E-state index contributed by atoms with van der Waals surface area (Å²) < 4.78 is 11.3. The molecule has 2 aliphatic rings. The number of nitrogens with zero attached hydrogens (tertiary/aromatic N) is 2. The second kappa shape index (κ2) is 8.10. The summed E-state index contributed by atoms with van der Waals surface area (Å²) in [7, 11) is 0. The Bertz CT molecular complexity index is 895. The SMILES string of the molecule is Cc1ccc(Cl)cc1N1CCN(C(=O)c2cc(Cl)c3c(c2)OCCCO3)CC1. The van der Waals surface area contributed by atoms with Crippen molar-refractivity contribution in [2.75, 3.05) is 44.3 Å². The largest absolute Gasteiger partial charge is 0.489 e. The molecule has 0 unspecified atom stereocenters. The summed E-state index contributed by atoms with van der Waals surface area (Å²) in [4.78, 5) is 17.1. The predicted octanol–water partition coefficient (Wildman–Crippen LogP) is 4.43. The highest BCUT2D eigenvalue weighted by Crippen LogP contribution is 2.38. The molecule has 0 aromatic heterocycles. The number of amides is 1. The van der Waals surface area contributed by atoms with Crippen LogP contribution in [0.2, 0.25) is 10.0 Å². The van der Waals surface area contributed by atoms with Crippen LogP contribution in [-0.2, 0) is 0 Å². The lowest BCUT2D eigenvalue weighted by Crippen LogP contribution is -2.49. The predicted molar refractivity (Wildman–Crippen MR) is 111 cm³/mol. The average Bonchev–Trinajstić information content (AvgIpc) is 2.95. The number of halogens is 2. The molecule has 148 valence electrons. The molecule has 7 heteroatoms. The van der Waals surface area contributed by atoms with E-state index in [4.69, 9.17) is 32.7 Å². The van der Waals surface area contributed by atoms with Gasteiger partial charge in [0.25, 0.3) is 5.91 Å². The number of ether oxygens (including phenoxy) is 2. The molecule has 2 aromatic carbocycles. The molecule has 0 N–H and O–H groups in total. The van der Waals surface area contributed by atoms with Gasteiger partial charge in [-0.15, -0.1) is 0 Å². The van der Waals surface area contributed by atoms with Gasteiger partial charge in [-0.05, 0) is 36.8 Å². The molecule has 0 aliphatic carbocycles. The minimum Gasteiger partial charge on any atom is -0.489 e. The maximum absolute atomic E-state index is 13.0. The number of hydrogen-bond donors (Lipinski definition) is 0. The van der Waals surface area contributed by atoms with Crippen LogP contribution in [0.3, 0.4) is 0 Å². The third-order valence-corrected chi connectivity index (χ3v) is 5.64. The Kier molecular flexibility index (Phi) is 5.56. The molecule has 2 heterocycles. The van der Waals surface area contributed by atoms with Gasteiger partial charge in [-0.2, -0.15) is 0 Å². The highest BCUT2D eigenvalue weighted by molar-refractivity contribution is 6.32. The van der Waals surface area contributed by atoms with E-state index in [1.165, 1.54) is 5.56 Å². The first kappa shape index (κ1) is 19.2. The third kappa shape index (κ3) is 3.87. The molecule has 0 atom stereocenters. The van der Waals surface area contributed by atoms with E-state index in [0.29, 0.717) is 48.4 Å². The van der Waals surface area contributed by atoms with Gasteiger partial charge in [0, 0.05) is 48.9 Å². The summed E-state index contributed by atoms with van der Waals surface area (Å²) in [5.74, 6) is 1.03. The van der Waals surface area contributed by atoms with Gasteiger partial charge in [0.1, 0.15) is 0 Å². The maximum Gasteiger partial charge on any atom is 0.254 e. The summed E-state index contributed by atoms with van der Waals surface area (Å²) in [6, 6.07) is 9.31. The van der Waals surface area contributed by atoms with Crippen molar-refractivity contribution in [2.24, 2.45) is 0 Å². The standard InChI is InChI=1S/C21H22Cl2N2O3/c1-14-3-4-16(22)13-18(14)24-5-7-25(8-6-24)21(26)15-11-17(23)20-19(12-15)27-9-2-10-28-20/h3-4,11-13H,2,5-10H2,1H3. The Morgan fingerprint density at radius 3 is 2.54 bits per heavy atom. The first-order valence-corrected chi connectivity index (χ1v) is 10.2. The van der Waals surface area contributed by atoms with Crippen LogP contribution in [-0.4, -0.2) is 50.2 Å². The minimum atomic E-state index is -0.0417. The lowest BCUT2D eigenvalue weighted by atomic mass is 10.1. The third-order valence-electron chi connectivity index (χ3n) is 5.13. The highest BCUT2D eigenvalue weighted by Gasteiger charge is 2.25. The second-order valence-corrected chi connectivity index (χ2v) is 7.89. The van der Waals surface area contributed by atoms with Gasteiger partial charge < -0.3 is 19.3 Å². The summed E-state index contributed by atoms with van der Waals surface area (Å²) >= 11 is 12.5. The van der Waals surface area contributed by atoms with Gasteiger partial charge in [-0.25, -0.2) is 0 Å². The van der Waals surface area contributed by atoms with Crippen LogP contribution < -0.4 is 14.4 Å². The van der Waals surface area contributed by atoms with Crippen LogP contribution in [0.25, 0.3) is 0 Å². The number of fused-ring (bicyclic) bond motifs is 1. The summed E-state index contributed by atoms with van der Waals surface area (Å²) in [5, 5.41) is 1.14. The van der Waals surface area contributed by atoms with Crippen LogP contribution >= 0.6 is 23.2 Å². The highest BCUT2D eigenvalue weighted by atomic mass is 35.5. The summed E-state index contributed by atoms with van der Waals surface area (Å²) in [5.41, 5.74) is 2.83. The summed E-state index contributed by atoms with van der Waals surface area (Å²) in [6.07, 6.45) is 0.791. The molecular formula is C21H22Cl2N2O3. The van der Waals surface area contributed by atoms with Gasteiger partial charge >= 0.3 is 0 Å². The van der Waals surface area contributed by atoms with Crippen LogP contribution in [0, 0.1) is 6.92 Å². The van der Waals surface area contributed by atoms with Crippen LogP contribution in [0.5, 0.6) is 11.5 Å². The molecule has 0 saturated carbocycles. The number of benzene rings is 2.